The number of thioether (sulfide) groups is 1. The number of hydrogen-bond donors (Lipinski definition) is 1. The molecule has 1 aliphatic rings. The molecule has 7 heteroatoms. The summed E-state index contributed by atoms with van der Waals surface area (Å²) in [6, 6.07) is 5.92. The molecule has 0 aliphatic heterocycles. The molecule has 26 heavy (non-hydrogen) atoms. The summed E-state index contributed by atoms with van der Waals surface area (Å²) in [4.78, 5) is 16.2. The Morgan fingerprint density at radius 3 is 2.88 bits per heavy atom. The molecule has 0 spiro atoms. The van der Waals surface area contributed by atoms with E-state index in [4.69, 9.17) is 4.52 Å². The maximum absolute atomic E-state index is 12.9. The van der Waals surface area contributed by atoms with Crippen molar-refractivity contribution in [3.8, 4) is 11.4 Å². The predicted octanol–water partition coefficient (Wildman–Crippen LogP) is 4.12. The zero-order valence-electron chi connectivity index (χ0n) is 14.5. The predicted molar refractivity (Wildman–Crippen MR) is 100 cm³/mol. The number of halogens is 1. The van der Waals surface area contributed by atoms with Gasteiger partial charge in [-0.3, -0.25) is 4.79 Å². The van der Waals surface area contributed by atoms with Gasteiger partial charge in [0.1, 0.15) is 5.82 Å². The van der Waals surface area contributed by atoms with Crippen LogP contribution in [0.15, 0.2) is 40.4 Å². The monoisotopic (exact) mass is 375 g/mol. The van der Waals surface area contributed by atoms with Crippen molar-refractivity contribution in [3.63, 3.8) is 0 Å². The SMILES string of the molecule is O=C(CSCc1nc(-c2ccc(F)cc2)no1)NCCC1=CCCCC1. The normalized spacial score (nSPS) is 14.1. The number of benzene rings is 1. The summed E-state index contributed by atoms with van der Waals surface area (Å²) in [6.07, 6.45) is 8.13. The van der Waals surface area contributed by atoms with Crippen LogP contribution in [0.25, 0.3) is 11.4 Å². The molecule has 0 unspecified atom stereocenters. The minimum atomic E-state index is -0.307. The Morgan fingerprint density at radius 2 is 2.12 bits per heavy atom. The number of nitrogens with one attached hydrogen (secondary N) is 1. The first-order valence-corrected chi connectivity index (χ1v) is 9.97. The molecule has 1 amide bonds. The van der Waals surface area contributed by atoms with Gasteiger partial charge in [-0.05, 0) is 56.4 Å². The van der Waals surface area contributed by atoms with E-state index in [0.29, 0.717) is 35.3 Å². The number of allylic oxidation sites excluding steroid dienone is 1. The molecule has 138 valence electrons. The summed E-state index contributed by atoms with van der Waals surface area (Å²) in [5.74, 6) is 1.41. The summed E-state index contributed by atoms with van der Waals surface area (Å²) in [5, 5.41) is 6.84. The highest BCUT2D eigenvalue weighted by atomic mass is 32.2. The molecule has 0 saturated heterocycles. The maximum atomic E-state index is 12.9. The zero-order valence-corrected chi connectivity index (χ0v) is 15.4. The van der Waals surface area contributed by atoms with Gasteiger partial charge in [-0.25, -0.2) is 4.39 Å². The molecule has 1 heterocycles. The molecule has 1 aromatic carbocycles. The third-order valence-corrected chi connectivity index (χ3v) is 5.10. The number of aromatic nitrogens is 2. The second-order valence-electron chi connectivity index (χ2n) is 6.22. The van der Waals surface area contributed by atoms with E-state index in [2.05, 4.69) is 21.5 Å². The molecular weight excluding hydrogens is 353 g/mol. The van der Waals surface area contributed by atoms with Gasteiger partial charge in [0, 0.05) is 12.1 Å². The fourth-order valence-corrected chi connectivity index (χ4v) is 3.49. The summed E-state index contributed by atoms with van der Waals surface area (Å²) in [5.41, 5.74) is 2.16. The van der Waals surface area contributed by atoms with Crippen LogP contribution in [-0.4, -0.2) is 28.3 Å². The number of carbonyl (C=O) groups is 1. The molecule has 1 N–H and O–H groups in total. The molecule has 2 aromatic rings. The first kappa shape index (κ1) is 18.6. The summed E-state index contributed by atoms with van der Waals surface area (Å²) >= 11 is 1.43. The van der Waals surface area contributed by atoms with Gasteiger partial charge in [0.25, 0.3) is 0 Å². The van der Waals surface area contributed by atoms with Crippen LogP contribution in [0.5, 0.6) is 0 Å². The molecule has 0 saturated carbocycles. The number of nitrogens with zero attached hydrogens (tertiary/aromatic N) is 2. The highest BCUT2D eigenvalue weighted by Crippen LogP contribution is 2.20. The topological polar surface area (TPSA) is 68.0 Å². The molecule has 3 rings (SSSR count). The van der Waals surface area contributed by atoms with E-state index >= 15 is 0 Å². The van der Waals surface area contributed by atoms with Crippen molar-refractivity contribution in [2.75, 3.05) is 12.3 Å². The molecule has 1 aliphatic carbocycles. The van der Waals surface area contributed by atoms with Crippen LogP contribution in [0, 0.1) is 5.82 Å². The van der Waals surface area contributed by atoms with Gasteiger partial charge < -0.3 is 9.84 Å². The number of carbonyl (C=O) groups excluding carboxylic acids is 1. The molecule has 0 radical (unpaired) electrons. The van der Waals surface area contributed by atoms with E-state index in [9.17, 15) is 9.18 Å². The fourth-order valence-electron chi connectivity index (χ4n) is 2.81. The van der Waals surface area contributed by atoms with Crippen LogP contribution in [0.2, 0.25) is 0 Å². The van der Waals surface area contributed by atoms with E-state index in [1.165, 1.54) is 48.7 Å². The van der Waals surface area contributed by atoms with Crippen molar-refractivity contribution < 1.29 is 13.7 Å². The highest BCUT2D eigenvalue weighted by Gasteiger charge is 2.10. The van der Waals surface area contributed by atoms with Gasteiger partial charge in [-0.1, -0.05) is 16.8 Å². The quantitative estimate of drug-likeness (QED) is 0.703. The lowest BCUT2D eigenvalue weighted by molar-refractivity contribution is -0.118. The number of rotatable bonds is 8. The summed E-state index contributed by atoms with van der Waals surface area (Å²) < 4.78 is 18.1. The Balaban J connectivity index is 1.36. The second-order valence-corrected chi connectivity index (χ2v) is 7.21. The third kappa shape index (κ3) is 5.69. The smallest absolute Gasteiger partial charge is 0.236 e. The van der Waals surface area contributed by atoms with E-state index < -0.39 is 0 Å². The van der Waals surface area contributed by atoms with Crippen LogP contribution < -0.4 is 5.32 Å². The number of amides is 1. The largest absolute Gasteiger partial charge is 0.355 e. The highest BCUT2D eigenvalue weighted by molar-refractivity contribution is 7.99. The fraction of sp³-hybridized carbons (Fsp3) is 0.421. The molecule has 0 bridgehead atoms. The van der Waals surface area contributed by atoms with Gasteiger partial charge >= 0.3 is 0 Å². The van der Waals surface area contributed by atoms with Crippen LogP contribution >= 0.6 is 11.8 Å². The molecule has 5 nitrogen and oxygen atoms in total. The van der Waals surface area contributed by atoms with E-state index in [1.807, 2.05) is 0 Å². The Hall–Kier alpha value is -2.15. The summed E-state index contributed by atoms with van der Waals surface area (Å²) in [6.45, 7) is 0.695. The maximum Gasteiger partial charge on any atom is 0.236 e. The average Bonchev–Trinajstić information content (AvgIpc) is 3.12. The van der Waals surface area contributed by atoms with Gasteiger partial charge in [0.2, 0.25) is 17.6 Å². The minimum absolute atomic E-state index is 0.0182. The standard InChI is InChI=1S/C19H22FN3O2S/c20-16-8-6-15(7-9-16)19-22-18(25-23-19)13-26-12-17(24)21-11-10-14-4-2-1-3-5-14/h4,6-9H,1-3,5,10-13H2,(H,21,24). The first-order valence-electron chi connectivity index (χ1n) is 8.81. The first-order chi connectivity index (χ1) is 12.7. The van der Waals surface area contributed by atoms with Gasteiger partial charge in [0.05, 0.1) is 11.5 Å². The Bertz CT molecular complexity index is 758. The van der Waals surface area contributed by atoms with E-state index in [1.54, 1.807) is 12.1 Å². The Labute approximate surface area is 156 Å². The molecule has 0 fully saturated rings. The van der Waals surface area contributed by atoms with Crippen LogP contribution in [0.4, 0.5) is 4.39 Å². The molecular formula is C19H22FN3O2S. The van der Waals surface area contributed by atoms with Gasteiger partial charge in [-0.15, -0.1) is 11.8 Å². The van der Waals surface area contributed by atoms with Crippen molar-refractivity contribution in [1.29, 1.82) is 0 Å². The molecule has 0 atom stereocenters. The van der Waals surface area contributed by atoms with Crippen molar-refractivity contribution in [3.05, 3.63) is 47.6 Å². The lowest BCUT2D eigenvalue weighted by Crippen LogP contribution is -2.26. The van der Waals surface area contributed by atoms with Crippen LogP contribution in [0.1, 0.15) is 38.0 Å². The lowest BCUT2D eigenvalue weighted by Gasteiger charge is -2.12. The minimum Gasteiger partial charge on any atom is -0.355 e. The second kappa shape index (κ2) is 9.52. The van der Waals surface area contributed by atoms with Crippen LogP contribution in [0.3, 0.4) is 0 Å². The van der Waals surface area contributed by atoms with Crippen molar-refractivity contribution in [2.45, 2.75) is 37.9 Å². The Morgan fingerprint density at radius 1 is 1.27 bits per heavy atom. The number of hydrogen-bond acceptors (Lipinski definition) is 5. The lowest BCUT2D eigenvalue weighted by atomic mass is 9.97. The van der Waals surface area contributed by atoms with Gasteiger partial charge in [0.15, 0.2) is 0 Å². The third-order valence-electron chi connectivity index (χ3n) is 4.18. The average molecular weight is 375 g/mol. The zero-order chi connectivity index (χ0) is 18.2. The van der Waals surface area contributed by atoms with Crippen molar-refractivity contribution in [1.82, 2.24) is 15.5 Å². The van der Waals surface area contributed by atoms with Crippen molar-refractivity contribution >= 4 is 17.7 Å². The molecule has 1 aromatic heterocycles. The van der Waals surface area contributed by atoms with E-state index in [-0.39, 0.29) is 11.7 Å². The van der Waals surface area contributed by atoms with Crippen LogP contribution in [-0.2, 0) is 10.5 Å². The van der Waals surface area contributed by atoms with Gasteiger partial charge in [-0.2, -0.15) is 4.98 Å². The van der Waals surface area contributed by atoms with E-state index in [0.717, 1.165) is 12.8 Å². The van der Waals surface area contributed by atoms with Crippen molar-refractivity contribution in [2.24, 2.45) is 0 Å². The Kier molecular flexibility index (Phi) is 6.82. The summed E-state index contributed by atoms with van der Waals surface area (Å²) in [7, 11) is 0.